The molecule has 1 aromatic carbocycles. The monoisotopic (exact) mass is 211 g/mol. The van der Waals surface area contributed by atoms with E-state index in [-0.39, 0.29) is 11.9 Å². The summed E-state index contributed by atoms with van der Waals surface area (Å²) >= 11 is 0. The van der Waals surface area contributed by atoms with Crippen molar-refractivity contribution in [2.24, 2.45) is 0 Å². The van der Waals surface area contributed by atoms with E-state index in [9.17, 15) is 4.39 Å². The number of methoxy groups -OCH3 is 1. The summed E-state index contributed by atoms with van der Waals surface area (Å²) in [6.07, 6.45) is 0. The molecule has 0 bridgehead atoms. The van der Waals surface area contributed by atoms with Crippen LogP contribution in [0, 0.1) is 12.7 Å². The van der Waals surface area contributed by atoms with Gasteiger partial charge in [-0.25, -0.2) is 4.39 Å². The second-order valence-electron chi connectivity index (χ2n) is 3.54. The Bertz CT molecular complexity index is 308. The molecular weight excluding hydrogens is 193 g/mol. The van der Waals surface area contributed by atoms with E-state index in [1.807, 2.05) is 13.0 Å². The van der Waals surface area contributed by atoms with Gasteiger partial charge in [-0.15, -0.1) is 0 Å². The lowest BCUT2D eigenvalue weighted by Gasteiger charge is -2.18. The van der Waals surface area contributed by atoms with Gasteiger partial charge in [0.2, 0.25) is 0 Å². The number of hydrogen-bond donors (Lipinski definition) is 1. The lowest BCUT2D eigenvalue weighted by molar-refractivity contribution is 0.166. The van der Waals surface area contributed by atoms with Gasteiger partial charge in [0.25, 0.3) is 0 Å². The summed E-state index contributed by atoms with van der Waals surface area (Å²) in [5, 5.41) is 3.20. The zero-order valence-corrected chi connectivity index (χ0v) is 9.51. The van der Waals surface area contributed by atoms with Crippen LogP contribution in [0.1, 0.15) is 24.1 Å². The molecule has 0 fully saturated rings. The molecule has 0 aromatic heterocycles. The van der Waals surface area contributed by atoms with E-state index in [0.717, 1.165) is 6.54 Å². The highest BCUT2D eigenvalue weighted by Crippen LogP contribution is 2.19. The Hall–Kier alpha value is -0.930. The van der Waals surface area contributed by atoms with Gasteiger partial charge in [-0.2, -0.15) is 0 Å². The van der Waals surface area contributed by atoms with Crippen molar-refractivity contribution in [3.63, 3.8) is 0 Å². The molecule has 2 nitrogen and oxygen atoms in total. The Morgan fingerprint density at radius 3 is 2.80 bits per heavy atom. The molecule has 3 heteroatoms. The van der Waals surface area contributed by atoms with Crippen LogP contribution < -0.4 is 5.32 Å². The summed E-state index contributed by atoms with van der Waals surface area (Å²) < 4.78 is 18.9. The molecule has 0 saturated carbocycles. The second-order valence-corrected chi connectivity index (χ2v) is 3.54. The fourth-order valence-corrected chi connectivity index (χ4v) is 1.61. The first-order valence-electron chi connectivity index (χ1n) is 5.18. The molecule has 0 spiro atoms. The van der Waals surface area contributed by atoms with E-state index in [1.165, 1.54) is 0 Å². The fraction of sp³-hybridized carbons (Fsp3) is 0.500. The zero-order valence-electron chi connectivity index (χ0n) is 9.51. The molecule has 1 N–H and O–H groups in total. The lowest BCUT2D eigenvalue weighted by atomic mass is 10.0. The van der Waals surface area contributed by atoms with E-state index < -0.39 is 0 Å². The van der Waals surface area contributed by atoms with Crippen LogP contribution >= 0.6 is 0 Å². The van der Waals surface area contributed by atoms with Crippen LogP contribution in [-0.4, -0.2) is 20.3 Å². The first-order chi connectivity index (χ1) is 7.20. The van der Waals surface area contributed by atoms with Crippen molar-refractivity contribution in [3.05, 3.63) is 35.1 Å². The molecule has 0 amide bonds. The Balaban J connectivity index is 2.94. The van der Waals surface area contributed by atoms with Crippen LogP contribution in [0.4, 0.5) is 4.39 Å². The van der Waals surface area contributed by atoms with E-state index in [2.05, 4.69) is 5.32 Å². The van der Waals surface area contributed by atoms with Crippen molar-refractivity contribution < 1.29 is 9.13 Å². The number of rotatable bonds is 5. The SMILES string of the molecule is CCNC(COC)c1cccc(C)c1F. The van der Waals surface area contributed by atoms with Gasteiger partial charge in [-0.3, -0.25) is 0 Å². The Morgan fingerprint density at radius 2 is 2.20 bits per heavy atom. The molecule has 0 heterocycles. The van der Waals surface area contributed by atoms with Crippen molar-refractivity contribution in [3.8, 4) is 0 Å². The molecule has 15 heavy (non-hydrogen) atoms. The third kappa shape index (κ3) is 3.01. The molecule has 0 aliphatic carbocycles. The van der Waals surface area contributed by atoms with Gasteiger partial charge < -0.3 is 10.1 Å². The topological polar surface area (TPSA) is 21.3 Å². The minimum atomic E-state index is -0.138. The van der Waals surface area contributed by atoms with E-state index >= 15 is 0 Å². The van der Waals surface area contributed by atoms with Crippen LogP contribution in [0.3, 0.4) is 0 Å². The maximum absolute atomic E-state index is 13.8. The highest BCUT2D eigenvalue weighted by atomic mass is 19.1. The molecule has 0 radical (unpaired) electrons. The van der Waals surface area contributed by atoms with Crippen molar-refractivity contribution in [1.29, 1.82) is 0 Å². The van der Waals surface area contributed by atoms with Crippen LogP contribution in [0.2, 0.25) is 0 Å². The van der Waals surface area contributed by atoms with E-state index in [0.29, 0.717) is 17.7 Å². The number of hydrogen-bond acceptors (Lipinski definition) is 2. The second kappa shape index (κ2) is 5.83. The maximum Gasteiger partial charge on any atom is 0.130 e. The first-order valence-corrected chi connectivity index (χ1v) is 5.18. The van der Waals surface area contributed by atoms with E-state index in [1.54, 1.807) is 26.2 Å². The van der Waals surface area contributed by atoms with Crippen LogP contribution in [0.25, 0.3) is 0 Å². The van der Waals surface area contributed by atoms with Gasteiger partial charge in [0.05, 0.1) is 12.6 Å². The number of halogens is 1. The fourth-order valence-electron chi connectivity index (χ4n) is 1.61. The maximum atomic E-state index is 13.8. The standard InChI is InChI=1S/C12H18FNO/c1-4-14-11(8-15-3)10-7-5-6-9(2)12(10)13/h5-7,11,14H,4,8H2,1-3H3. The molecule has 1 atom stereocenters. The quantitative estimate of drug-likeness (QED) is 0.807. The van der Waals surface area contributed by atoms with Crippen molar-refractivity contribution in [1.82, 2.24) is 5.32 Å². The highest BCUT2D eigenvalue weighted by molar-refractivity contribution is 5.27. The summed E-state index contributed by atoms with van der Waals surface area (Å²) in [6.45, 7) is 5.04. The van der Waals surface area contributed by atoms with Crippen molar-refractivity contribution >= 4 is 0 Å². The Morgan fingerprint density at radius 1 is 1.47 bits per heavy atom. The molecule has 0 aliphatic rings. The average Bonchev–Trinajstić information content (AvgIpc) is 2.22. The summed E-state index contributed by atoms with van der Waals surface area (Å²) in [5.41, 5.74) is 1.35. The van der Waals surface area contributed by atoms with Gasteiger partial charge in [-0.05, 0) is 19.0 Å². The molecule has 0 saturated heterocycles. The third-order valence-corrected chi connectivity index (χ3v) is 2.38. The van der Waals surface area contributed by atoms with Crippen LogP contribution in [0.15, 0.2) is 18.2 Å². The molecule has 84 valence electrons. The molecule has 1 aromatic rings. The third-order valence-electron chi connectivity index (χ3n) is 2.38. The minimum absolute atomic E-state index is 0.0695. The van der Waals surface area contributed by atoms with Gasteiger partial charge in [0, 0.05) is 12.7 Å². The van der Waals surface area contributed by atoms with Gasteiger partial charge >= 0.3 is 0 Å². The smallest absolute Gasteiger partial charge is 0.130 e. The summed E-state index contributed by atoms with van der Waals surface area (Å²) in [4.78, 5) is 0. The molecule has 0 aliphatic heterocycles. The molecular formula is C12H18FNO. The number of aryl methyl sites for hydroxylation is 1. The average molecular weight is 211 g/mol. The summed E-state index contributed by atoms with van der Waals surface area (Å²) in [6, 6.07) is 5.37. The number of ether oxygens (including phenoxy) is 1. The van der Waals surface area contributed by atoms with Gasteiger partial charge in [0.1, 0.15) is 5.82 Å². The predicted octanol–water partition coefficient (Wildman–Crippen LogP) is 2.43. The van der Waals surface area contributed by atoms with Crippen LogP contribution in [-0.2, 0) is 4.74 Å². The number of likely N-dealkylation sites (N-methyl/N-ethyl adjacent to an activating group) is 1. The highest BCUT2D eigenvalue weighted by Gasteiger charge is 2.15. The first kappa shape index (κ1) is 12.1. The Labute approximate surface area is 90.4 Å². The zero-order chi connectivity index (χ0) is 11.3. The normalized spacial score (nSPS) is 12.8. The van der Waals surface area contributed by atoms with Gasteiger partial charge in [-0.1, -0.05) is 25.1 Å². The molecule has 1 rings (SSSR count). The summed E-state index contributed by atoms with van der Waals surface area (Å²) in [7, 11) is 1.62. The summed E-state index contributed by atoms with van der Waals surface area (Å²) in [5.74, 6) is -0.138. The number of benzene rings is 1. The Kier molecular flexibility index (Phi) is 4.72. The van der Waals surface area contributed by atoms with Crippen LogP contribution in [0.5, 0.6) is 0 Å². The number of nitrogens with one attached hydrogen (secondary N) is 1. The minimum Gasteiger partial charge on any atom is -0.383 e. The lowest BCUT2D eigenvalue weighted by Crippen LogP contribution is -2.26. The van der Waals surface area contributed by atoms with Crippen molar-refractivity contribution in [2.75, 3.05) is 20.3 Å². The van der Waals surface area contributed by atoms with Gasteiger partial charge in [0.15, 0.2) is 0 Å². The molecule has 1 unspecified atom stereocenters. The largest absolute Gasteiger partial charge is 0.383 e. The predicted molar refractivity (Wildman–Crippen MR) is 59.4 cm³/mol. The van der Waals surface area contributed by atoms with E-state index in [4.69, 9.17) is 4.74 Å². The van der Waals surface area contributed by atoms with Crippen molar-refractivity contribution in [2.45, 2.75) is 19.9 Å².